The number of aliphatic hydroxyl groups excluding tert-OH is 14. The number of aliphatic hydroxyl groups is 14. The van der Waals surface area contributed by atoms with Crippen molar-refractivity contribution >= 4 is 107 Å². The summed E-state index contributed by atoms with van der Waals surface area (Å²) in [4.78, 5) is 0. The van der Waals surface area contributed by atoms with Gasteiger partial charge in [0.1, 0.15) is 128 Å². The Labute approximate surface area is 535 Å². The van der Waals surface area contributed by atoms with Crippen LogP contribution in [0.15, 0.2) is 30.3 Å². The summed E-state index contributed by atoms with van der Waals surface area (Å²) in [5.74, 6) is 0.468. The van der Waals surface area contributed by atoms with E-state index >= 15 is 0 Å². The van der Waals surface area contributed by atoms with Gasteiger partial charge in [0.2, 0.25) is 0 Å². The minimum atomic E-state index is -1.97. The first kappa shape index (κ1) is 69.7. The number of thioether (sulfide) groups is 1. The second-order valence-electron chi connectivity index (χ2n) is 21.3. The van der Waals surface area contributed by atoms with Crippen molar-refractivity contribution in [3.05, 3.63) is 35.9 Å². The minimum Gasteiger partial charge on any atom is -0.387 e. The predicted octanol–water partition coefficient (Wildman–Crippen LogP) is -3.87. The fourth-order valence-electron chi connectivity index (χ4n) is 11.1. The molecule has 28 nitrogen and oxygen atoms in total. The van der Waals surface area contributed by atoms with Crippen LogP contribution in [0.3, 0.4) is 0 Å². The van der Waals surface area contributed by atoms with E-state index in [2.05, 4.69) is 95.6 Å². The molecule has 0 amide bonds. The Balaban J connectivity index is 1.01. The van der Waals surface area contributed by atoms with Crippen molar-refractivity contribution in [1.82, 2.24) is 0 Å². The van der Waals surface area contributed by atoms with Gasteiger partial charge < -0.3 is 138 Å². The van der Waals surface area contributed by atoms with Gasteiger partial charge in [-0.1, -0.05) is 126 Å². The molecule has 1 aromatic carbocycles. The van der Waals surface area contributed by atoms with E-state index in [-0.39, 0.29) is 37.7 Å². The van der Waals surface area contributed by atoms with Gasteiger partial charge in [-0.05, 0) is 5.56 Å². The van der Waals surface area contributed by atoms with Crippen LogP contribution in [0, 0.1) is 0 Å². The van der Waals surface area contributed by atoms with E-state index in [0.29, 0.717) is 5.75 Å². The summed E-state index contributed by atoms with van der Waals surface area (Å²) >= 11 is 21.3. The van der Waals surface area contributed by atoms with E-state index in [1.165, 1.54) is 11.8 Å². The number of halogens is 6. The quantitative estimate of drug-likeness (QED) is 0.0997. The average molecular weight is 1620 g/mol. The molecule has 16 rings (SSSR count). The summed E-state index contributed by atoms with van der Waals surface area (Å²) in [5, 5.41) is 162. The molecule has 0 spiro atoms. The van der Waals surface area contributed by atoms with E-state index in [1.807, 2.05) is 30.3 Å². The second kappa shape index (κ2) is 31.0. The van der Waals surface area contributed by atoms with E-state index in [9.17, 15) is 71.5 Å². The molecular weight excluding hydrogens is 1550 g/mol. The fourth-order valence-corrected chi connectivity index (χ4v) is 15.3. The number of hydrogen-bond donors (Lipinski definition) is 14. The SMILES string of the molecule is O[C@@H]1[C@H]2O[C@H]3[C@H](O)[C@@H](O)[C@@H](O[C@H]4[C@H](O)[C@@H](O)[C@@H](O[C@H]5[C@H](O)[C@@H](O)[C@@H](O[C@H]6[C@H](O)[C@@H](O)[C@@H](O[C@H]7[C@H](O)[C@@H](O)[C@@H](O[C@H]8[C@@H](O)[C@H](O)[C@@H](O[C@@H]([C@@H]1O)[C@@H](CBr)O2)O[C@@H]8CBr)O[C@H]7CSCc1ccccc1)O[C@H]6CBr)O[C@H]5CBr)O[C@H]4CBr)O[C@@H]3CBr. The van der Waals surface area contributed by atoms with Crippen molar-refractivity contribution in [1.29, 1.82) is 0 Å². The Morgan fingerprint density at radius 2 is 0.452 bits per heavy atom. The molecule has 1 aromatic rings. The van der Waals surface area contributed by atoms with Crippen LogP contribution in [0.2, 0.25) is 0 Å². The molecule has 0 radical (unpaired) electrons. The number of rotatable bonds is 10. The third-order valence-electron chi connectivity index (χ3n) is 15.8. The van der Waals surface area contributed by atoms with Gasteiger partial charge in [0.05, 0.1) is 42.7 Å². The molecule has 482 valence electrons. The first-order valence-corrected chi connectivity index (χ1v) is 34.7. The van der Waals surface area contributed by atoms with Gasteiger partial charge in [0.25, 0.3) is 0 Å². The third kappa shape index (κ3) is 14.8. The van der Waals surface area contributed by atoms with Crippen LogP contribution in [0.5, 0.6) is 0 Å². The third-order valence-corrected chi connectivity index (χ3v) is 20.8. The normalized spacial score (nSPS) is 51.7. The fraction of sp³-hybridized carbons (Fsp3) is 0.878. The zero-order valence-electron chi connectivity index (χ0n) is 43.9. The number of fused-ring (bicyclic) bond motifs is 7. The van der Waals surface area contributed by atoms with Gasteiger partial charge in [0, 0.05) is 43.5 Å². The van der Waals surface area contributed by atoms with Crippen molar-refractivity contribution in [2.24, 2.45) is 0 Å². The van der Waals surface area contributed by atoms with Crippen LogP contribution in [0.1, 0.15) is 5.56 Å². The van der Waals surface area contributed by atoms with Gasteiger partial charge >= 0.3 is 0 Å². The van der Waals surface area contributed by atoms with Crippen molar-refractivity contribution in [3.63, 3.8) is 0 Å². The lowest BCUT2D eigenvalue weighted by atomic mass is 9.95. The topological polar surface area (TPSA) is 412 Å². The summed E-state index contributed by atoms with van der Waals surface area (Å²) in [6, 6.07) is 9.32. The molecule has 84 heavy (non-hydrogen) atoms. The molecule has 0 saturated carbocycles. The summed E-state index contributed by atoms with van der Waals surface area (Å²) < 4.78 is 85.6. The van der Waals surface area contributed by atoms with Crippen molar-refractivity contribution < 1.29 is 138 Å². The maximum absolute atomic E-state index is 11.9. The van der Waals surface area contributed by atoms with Crippen molar-refractivity contribution in [3.8, 4) is 0 Å². The monoisotopic (exact) mass is 1610 g/mol. The Kier molecular flexibility index (Phi) is 25.8. The van der Waals surface area contributed by atoms with Crippen LogP contribution in [-0.2, 0) is 72.1 Å². The van der Waals surface area contributed by atoms with Crippen LogP contribution in [-0.4, -0.2) is 324 Å². The van der Waals surface area contributed by atoms with Crippen molar-refractivity contribution in [2.75, 3.05) is 37.7 Å². The lowest BCUT2D eigenvalue weighted by molar-refractivity contribution is -0.388. The van der Waals surface area contributed by atoms with Gasteiger partial charge in [0.15, 0.2) is 44.0 Å². The van der Waals surface area contributed by atoms with Gasteiger partial charge in [-0.25, -0.2) is 0 Å². The molecule has 15 aliphatic heterocycles. The molecule has 0 aliphatic carbocycles. The van der Waals surface area contributed by atoms with Gasteiger partial charge in [-0.2, -0.15) is 11.8 Å². The molecule has 15 fully saturated rings. The second-order valence-corrected chi connectivity index (χ2v) is 26.2. The Morgan fingerprint density at radius 1 is 0.262 bits per heavy atom. The lowest BCUT2D eigenvalue weighted by Gasteiger charge is -2.50. The molecule has 35 heteroatoms. The summed E-state index contributed by atoms with van der Waals surface area (Å²) in [6.45, 7) is 0. The zero-order valence-corrected chi connectivity index (χ0v) is 54.2. The highest BCUT2D eigenvalue weighted by atomic mass is 79.9. The molecule has 14 bridgehead atoms. The average Bonchev–Trinajstić information content (AvgIpc) is 3.61. The smallest absolute Gasteiger partial charge is 0.187 e. The minimum absolute atomic E-state index is 0.0379. The van der Waals surface area contributed by atoms with Crippen LogP contribution >= 0.6 is 107 Å². The van der Waals surface area contributed by atoms with Gasteiger partial charge in [-0.15, -0.1) is 0 Å². The highest BCUT2D eigenvalue weighted by molar-refractivity contribution is 9.10. The molecule has 0 unspecified atom stereocenters. The van der Waals surface area contributed by atoms with Crippen LogP contribution in [0.25, 0.3) is 0 Å². The summed E-state index contributed by atoms with van der Waals surface area (Å²) in [6.07, 6.45) is -58.3. The highest BCUT2D eigenvalue weighted by Crippen LogP contribution is 2.40. The molecule has 15 heterocycles. The van der Waals surface area contributed by atoms with Crippen molar-refractivity contribution in [2.45, 2.75) is 221 Å². The maximum atomic E-state index is 11.9. The maximum Gasteiger partial charge on any atom is 0.187 e. The van der Waals surface area contributed by atoms with E-state index in [4.69, 9.17) is 66.3 Å². The standard InChI is InChI=1S/C49H70Br6O28S/c50-6-15-36-23(57)30(64)44(71-15)79-38-17(8-52)73-46(32(66)25(38)59)81-40-19(10-54)75-48(34(68)27(40)61)83-42-21(13-84-12-14-4-2-1-3-5-14)76-49(35(69)28(42)62)82-41-20(11-55)74-47(33(67)26(41)60)80-39-18(9-53)72-45(31(65)24(39)58)78-37-16(7-51)70-43(77-36)29(63)22(37)56/h1-5,15-49,56-69H,6-13H2/t15-,16+,17-,18+,19-,20+,21-,22+,23+,24+,25+,26-,27+,28+,29+,30+,31-,32+,33-,34+,35+,36+,37+,38+,39+,40+,41+,42+,43+,44+,45+,46+,47+,48+,49+/m0/s1. The van der Waals surface area contributed by atoms with E-state index < -0.39 is 215 Å². The van der Waals surface area contributed by atoms with E-state index in [0.717, 1.165) is 5.56 Å². The Bertz CT molecular complexity index is 2180. The molecule has 35 atom stereocenters. The van der Waals surface area contributed by atoms with E-state index in [1.54, 1.807) is 0 Å². The van der Waals surface area contributed by atoms with Crippen LogP contribution in [0.4, 0.5) is 0 Å². The molecule has 15 aliphatic rings. The Morgan fingerprint density at radius 3 is 0.655 bits per heavy atom. The molecule has 0 aromatic heterocycles. The summed E-state index contributed by atoms with van der Waals surface area (Å²) in [7, 11) is 0. The predicted molar refractivity (Wildman–Crippen MR) is 304 cm³/mol. The number of hydrogen-bond acceptors (Lipinski definition) is 29. The molecule has 15 saturated heterocycles. The number of ether oxygens (including phenoxy) is 14. The van der Waals surface area contributed by atoms with Gasteiger partial charge in [-0.3, -0.25) is 0 Å². The molecule has 14 N–H and O–H groups in total. The first-order valence-electron chi connectivity index (χ1n) is 26.9. The first-order chi connectivity index (χ1) is 40.2. The zero-order chi connectivity index (χ0) is 60.6. The lowest BCUT2D eigenvalue weighted by Crippen LogP contribution is -2.68. The number of alkyl halides is 6. The van der Waals surface area contributed by atoms with Crippen LogP contribution < -0.4 is 0 Å². The molecular formula is C49H70Br6O28S. The highest BCUT2D eigenvalue weighted by Gasteiger charge is 2.59. The summed E-state index contributed by atoms with van der Waals surface area (Å²) in [5.41, 5.74) is 0.922. The number of benzene rings is 1. The largest absolute Gasteiger partial charge is 0.387 e. The Hall–Kier alpha value is 1.33.